The Labute approximate surface area is 121 Å². The highest BCUT2D eigenvalue weighted by molar-refractivity contribution is 5.35. The Kier molecular flexibility index (Phi) is 3.60. The number of nitrogens with one attached hydrogen (secondary N) is 1. The summed E-state index contributed by atoms with van der Waals surface area (Å²) in [7, 11) is 0. The first-order valence-electron chi connectivity index (χ1n) is 7.32. The minimum Gasteiger partial charge on any atom is -0.271 e. The van der Waals surface area contributed by atoms with Gasteiger partial charge in [0.2, 0.25) is 0 Å². The topological polar surface area (TPSA) is 38.0 Å². The van der Waals surface area contributed by atoms with Gasteiger partial charge in [-0.05, 0) is 37.3 Å². The number of rotatable bonds is 5. The van der Waals surface area contributed by atoms with Gasteiger partial charge in [-0.1, -0.05) is 60.2 Å². The van der Waals surface area contributed by atoms with Crippen molar-refractivity contribution in [3.63, 3.8) is 0 Å². The lowest BCUT2D eigenvalue weighted by atomic mass is 9.85. The van der Waals surface area contributed by atoms with Crippen LogP contribution in [-0.2, 0) is 11.8 Å². The van der Waals surface area contributed by atoms with Crippen molar-refractivity contribution in [2.75, 3.05) is 0 Å². The fraction of sp³-hybridized carbons (Fsp3) is 0.333. The molecular formula is C18H22N2. The molecule has 2 nitrogen and oxygen atoms in total. The number of benzene rings is 2. The highest BCUT2D eigenvalue weighted by Gasteiger charge is 2.50. The van der Waals surface area contributed by atoms with Crippen molar-refractivity contribution in [3.8, 4) is 0 Å². The van der Waals surface area contributed by atoms with Crippen LogP contribution in [0.1, 0.15) is 29.5 Å². The zero-order valence-electron chi connectivity index (χ0n) is 12.0. The fourth-order valence-electron chi connectivity index (χ4n) is 3.12. The summed E-state index contributed by atoms with van der Waals surface area (Å²) in [6, 6.07) is 19.8. The summed E-state index contributed by atoms with van der Waals surface area (Å²) in [5.74, 6) is 5.86. The van der Waals surface area contributed by atoms with Crippen LogP contribution >= 0.6 is 0 Å². The first kappa shape index (κ1) is 13.3. The maximum atomic E-state index is 5.86. The molecule has 1 aliphatic rings. The molecule has 104 valence electrons. The second-order valence-corrected chi connectivity index (χ2v) is 5.93. The Balaban J connectivity index is 1.82. The molecule has 0 aliphatic heterocycles. The van der Waals surface area contributed by atoms with Crippen LogP contribution in [0.5, 0.6) is 0 Å². The SMILES string of the molecule is Cc1ccc(CC(NN)C2(c3ccccc3)CC2)cc1. The van der Waals surface area contributed by atoms with E-state index in [4.69, 9.17) is 5.84 Å². The maximum absolute atomic E-state index is 5.86. The van der Waals surface area contributed by atoms with Gasteiger partial charge in [-0.2, -0.15) is 0 Å². The molecule has 1 atom stereocenters. The van der Waals surface area contributed by atoms with Crippen LogP contribution in [0, 0.1) is 6.92 Å². The van der Waals surface area contributed by atoms with E-state index in [0.29, 0.717) is 6.04 Å². The molecule has 2 aromatic carbocycles. The van der Waals surface area contributed by atoms with Gasteiger partial charge in [-0.3, -0.25) is 11.3 Å². The lowest BCUT2D eigenvalue weighted by Gasteiger charge is -2.27. The lowest BCUT2D eigenvalue weighted by molar-refractivity contribution is 0.420. The third-order valence-corrected chi connectivity index (χ3v) is 4.57. The summed E-state index contributed by atoms with van der Waals surface area (Å²) >= 11 is 0. The Morgan fingerprint density at radius 3 is 2.25 bits per heavy atom. The van der Waals surface area contributed by atoms with Gasteiger partial charge >= 0.3 is 0 Å². The van der Waals surface area contributed by atoms with Crippen molar-refractivity contribution < 1.29 is 0 Å². The summed E-state index contributed by atoms with van der Waals surface area (Å²) in [4.78, 5) is 0. The van der Waals surface area contributed by atoms with Crippen molar-refractivity contribution >= 4 is 0 Å². The number of hydrogen-bond acceptors (Lipinski definition) is 2. The molecule has 3 N–H and O–H groups in total. The first-order chi connectivity index (χ1) is 9.74. The van der Waals surface area contributed by atoms with E-state index >= 15 is 0 Å². The first-order valence-corrected chi connectivity index (χ1v) is 7.32. The van der Waals surface area contributed by atoms with E-state index in [0.717, 1.165) is 6.42 Å². The highest BCUT2D eigenvalue weighted by atomic mass is 15.2. The van der Waals surface area contributed by atoms with Crippen molar-refractivity contribution in [3.05, 3.63) is 71.3 Å². The zero-order valence-corrected chi connectivity index (χ0v) is 12.0. The van der Waals surface area contributed by atoms with E-state index < -0.39 is 0 Å². The molecule has 0 radical (unpaired) electrons. The predicted octanol–water partition coefficient (Wildman–Crippen LogP) is 3.10. The maximum Gasteiger partial charge on any atom is 0.0347 e. The summed E-state index contributed by atoms with van der Waals surface area (Å²) < 4.78 is 0. The Hall–Kier alpha value is -1.64. The summed E-state index contributed by atoms with van der Waals surface area (Å²) in [6.45, 7) is 2.12. The van der Waals surface area contributed by atoms with Gasteiger partial charge in [0.1, 0.15) is 0 Å². The number of hydrazine groups is 1. The normalized spacial score (nSPS) is 17.7. The minimum absolute atomic E-state index is 0.223. The average molecular weight is 266 g/mol. The fourth-order valence-corrected chi connectivity index (χ4v) is 3.12. The van der Waals surface area contributed by atoms with E-state index in [1.807, 2.05) is 0 Å². The van der Waals surface area contributed by atoms with Crippen LogP contribution in [0.4, 0.5) is 0 Å². The Morgan fingerprint density at radius 2 is 1.70 bits per heavy atom. The molecule has 0 amide bonds. The molecule has 0 spiro atoms. The molecule has 1 aliphatic carbocycles. The van der Waals surface area contributed by atoms with Crippen LogP contribution in [0.15, 0.2) is 54.6 Å². The smallest absolute Gasteiger partial charge is 0.0347 e. The molecule has 1 saturated carbocycles. The number of aryl methyl sites for hydroxylation is 1. The molecule has 2 heteroatoms. The molecule has 0 aromatic heterocycles. The van der Waals surface area contributed by atoms with Gasteiger partial charge in [0.25, 0.3) is 0 Å². The van der Waals surface area contributed by atoms with Gasteiger partial charge < -0.3 is 0 Å². The molecular weight excluding hydrogens is 244 g/mol. The number of nitrogens with two attached hydrogens (primary N) is 1. The number of hydrogen-bond donors (Lipinski definition) is 2. The molecule has 2 aromatic rings. The van der Waals surface area contributed by atoms with Gasteiger partial charge in [0, 0.05) is 11.5 Å². The van der Waals surface area contributed by atoms with Gasteiger partial charge in [-0.25, -0.2) is 0 Å². The monoisotopic (exact) mass is 266 g/mol. The third kappa shape index (κ3) is 2.49. The molecule has 1 fully saturated rings. The predicted molar refractivity (Wildman–Crippen MR) is 83.3 cm³/mol. The summed E-state index contributed by atoms with van der Waals surface area (Å²) in [5.41, 5.74) is 7.35. The molecule has 0 bridgehead atoms. The second kappa shape index (κ2) is 5.39. The van der Waals surface area contributed by atoms with Gasteiger partial charge in [0.15, 0.2) is 0 Å². The van der Waals surface area contributed by atoms with Gasteiger partial charge in [0.05, 0.1) is 0 Å². The highest BCUT2D eigenvalue weighted by Crippen LogP contribution is 2.51. The van der Waals surface area contributed by atoms with E-state index in [-0.39, 0.29) is 5.41 Å². The molecule has 0 saturated heterocycles. The van der Waals surface area contributed by atoms with E-state index in [1.54, 1.807) is 0 Å². The van der Waals surface area contributed by atoms with Crippen molar-refractivity contribution in [2.24, 2.45) is 5.84 Å². The molecule has 20 heavy (non-hydrogen) atoms. The Morgan fingerprint density at radius 1 is 1.05 bits per heavy atom. The second-order valence-electron chi connectivity index (χ2n) is 5.93. The molecule has 3 rings (SSSR count). The lowest BCUT2D eigenvalue weighted by Crippen LogP contribution is -2.45. The van der Waals surface area contributed by atoms with Crippen LogP contribution in [0.25, 0.3) is 0 Å². The van der Waals surface area contributed by atoms with Crippen molar-refractivity contribution in [1.82, 2.24) is 5.43 Å². The van der Waals surface area contributed by atoms with Crippen molar-refractivity contribution in [1.29, 1.82) is 0 Å². The zero-order chi connectivity index (χ0) is 14.0. The Bertz CT molecular complexity index is 556. The average Bonchev–Trinajstić information content (AvgIpc) is 3.29. The standard InChI is InChI=1S/C18H22N2/c1-14-7-9-15(10-8-14)13-17(20-19)18(11-12-18)16-5-3-2-4-6-16/h2-10,17,20H,11-13,19H2,1H3. The van der Waals surface area contributed by atoms with Gasteiger partial charge in [-0.15, -0.1) is 0 Å². The minimum atomic E-state index is 0.223. The quantitative estimate of drug-likeness (QED) is 0.644. The third-order valence-electron chi connectivity index (χ3n) is 4.57. The van der Waals surface area contributed by atoms with Crippen LogP contribution in [0.2, 0.25) is 0 Å². The van der Waals surface area contributed by atoms with E-state index in [9.17, 15) is 0 Å². The largest absolute Gasteiger partial charge is 0.271 e. The van der Waals surface area contributed by atoms with Crippen LogP contribution < -0.4 is 11.3 Å². The van der Waals surface area contributed by atoms with Crippen LogP contribution in [-0.4, -0.2) is 6.04 Å². The van der Waals surface area contributed by atoms with E-state index in [2.05, 4.69) is 66.9 Å². The molecule has 0 heterocycles. The van der Waals surface area contributed by atoms with E-state index in [1.165, 1.54) is 29.5 Å². The summed E-state index contributed by atoms with van der Waals surface area (Å²) in [5, 5.41) is 0. The molecule has 1 unspecified atom stereocenters. The van der Waals surface area contributed by atoms with Crippen molar-refractivity contribution in [2.45, 2.75) is 37.6 Å². The summed E-state index contributed by atoms with van der Waals surface area (Å²) in [6.07, 6.45) is 3.42. The van der Waals surface area contributed by atoms with Crippen LogP contribution in [0.3, 0.4) is 0 Å².